The fourth-order valence-corrected chi connectivity index (χ4v) is 7.25. The second kappa shape index (κ2) is 12.5. The monoisotopic (exact) mass is 654 g/mol. The van der Waals surface area contributed by atoms with E-state index in [1.165, 1.54) is 0 Å². The molecule has 2 saturated heterocycles. The first-order valence-electron chi connectivity index (χ1n) is 16.7. The van der Waals surface area contributed by atoms with Crippen molar-refractivity contribution in [3.05, 3.63) is 70.4 Å². The second-order valence-corrected chi connectivity index (χ2v) is 14.4. The van der Waals surface area contributed by atoms with Gasteiger partial charge >= 0.3 is 0 Å². The lowest BCUT2D eigenvalue weighted by Crippen LogP contribution is -2.51. The lowest BCUT2D eigenvalue weighted by atomic mass is 9.89. The fraction of sp³-hybridized carbons (Fsp3) is 0.447. The average Bonchev–Trinajstić information content (AvgIpc) is 3.60. The van der Waals surface area contributed by atoms with Crippen LogP contribution in [0.15, 0.2) is 52.9 Å². The Labute approximate surface area is 281 Å². The summed E-state index contributed by atoms with van der Waals surface area (Å²) in [6.07, 6.45) is 1.39. The zero-order valence-corrected chi connectivity index (χ0v) is 28.9. The van der Waals surface area contributed by atoms with Gasteiger partial charge in [0.2, 0.25) is 5.89 Å². The van der Waals surface area contributed by atoms with Crippen molar-refractivity contribution in [1.29, 1.82) is 0 Å². The van der Waals surface area contributed by atoms with Crippen LogP contribution in [0.3, 0.4) is 0 Å². The van der Waals surface area contributed by atoms with Crippen LogP contribution in [0.2, 0.25) is 5.02 Å². The summed E-state index contributed by atoms with van der Waals surface area (Å²) in [7, 11) is 0. The van der Waals surface area contributed by atoms with Crippen molar-refractivity contribution in [2.45, 2.75) is 84.6 Å². The van der Waals surface area contributed by atoms with Crippen LogP contribution >= 0.6 is 11.6 Å². The first-order valence-corrected chi connectivity index (χ1v) is 17.1. The molecule has 2 aliphatic rings. The first-order chi connectivity index (χ1) is 22.5. The zero-order chi connectivity index (χ0) is 33.0. The van der Waals surface area contributed by atoms with E-state index in [2.05, 4.69) is 34.7 Å². The number of oxazole rings is 1. The van der Waals surface area contributed by atoms with Gasteiger partial charge in [0.05, 0.1) is 36.1 Å². The predicted octanol–water partition coefficient (Wildman–Crippen LogP) is 8.52. The fourth-order valence-electron chi connectivity index (χ4n) is 7.13. The van der Waals surface area contributed by atoms with Gasteiger partial charge in [0.25, 0.3) is 0 Å². The number of piperidine rings is 1. The molecule has 0 spiro atoms. The lowest BCUT2D eigenvalue weighted by molar-refractivity contribution is -0.138. The number of benzene rings is 3. The lowest BCUT2D eigenvalue weighted by Gasteiger charge is -2.41. The van der Waals surface area contributed by atoms with E-state index >= 15 is 0 Å². The molecule has 0 bridgehead atoms. The van der Waals surface area contributed by atoms with Gasteiger partial charge in [-0.05, 0) is 115 Å². The standard InChI is InChI=1S/C38H43ClN4O4/c1-7-43-31-13-10-26(19-29(31)34(41-43)25-14-16-42(17-15-25)28-20-45-21-28)37-40-30-18-22(2)32(35(23(3)44)47-38(4,5)6)33(36(30)46-37)24-8-11-27(39)12-9-24/h8-13,18-19,25,28,35H,7,14-17,20-21H2,1-6H3/t35-/m1/s1. The molecule has 4 heterocycles. The van der Waals surface area contributed by atoms with Crippen LogP contribution in [0.1, 0.15) is 76.3 Å². The number of nitrogens with zero attached hydrogens (tertiary/aromatic N) is 4. The van der Waals surface area contributed by atoms with E-state index < -0.39 is 11.7 Å². The van der Waals surface area contributed by atoms with Gasteiger partial charge in [-0.1, -0.05) is 23.7 Å². The summed E-state index contributed by atoms with van der Waals surface area (Å²) in [5.41, 5.74) is 7.35. The Balaban J connectivity index is 1.34. The smallest absolute Gasteiger partial charge is 0.227 e. The van der Waals surface area contributed by atoms with Gasteiger partial charge in [-0.15, -0.1) is 0 Å². The number of hydrogen-bond acceptors (Lipinski definition) is 7. The Hall–Kier alpha value is -3.56. The molecule has 7 rings (SSSR count). The van der Waals surface area contributed by atoms with Crippen molar-refractivity contribution >= 4 is 39.4 Å². The molecule has 0 unspecified atom stereocenters. The maximum absolute atomic E-state index is 13.1. The van der Waals surface area contributed by atoms with Crippen molar-refractivity contribution in [3.8, 4) is 22.6 Å². The second-order valence-electron chi connectivity index (χ2n) is 14.0. The quantitative estimate of drug-likeness (QED) is 0.166. The number of Topliss-reactive ketones (excluding diaryl/α,β-unsaturated/α-hetero) is 1. The van der Waals surface area contributed by atoms with E-state index in [4.69, 9.17) is 35.6 Å². The predicted molar refractivity (Wildman–Crippen MR) is 186 cm³/mol. The molecule has 9 heteroatoms. The number of ketones is 1. The third-order valence-corrected chi connectivity index (χ3v) is 9.79. The highest BCUT2D eigenvalue weighted by Gasteiger charge is 2.33. The minimum atomic E-state index is -0.777. The minimum absolute atomic E-state index is 0.0740. The van der Waals surface area contributed by atoms with Crippen LogP contribution < -0.4 is 0 Å². The van der Waals surface area contributed by atoms with Gasteiger partial charge in [-0.2, -0.15) is 5.10 Å². The number of hydrogen-bond donors (Lipinski definition) is 0. The Bertz CT molecular complexity index is 1940. The van der Waals surface area contributed by atoms with Crippen molar-refractivity contribution in [2.24, 2.45) is 0 Å². The molecule has 0 radical (unpaired) electrons. The average molecular weight is 655 g/mol. The SMILES string of the molecule is CCn1nc(C2CCN(C3COC3)CC2)c2cc(-c3nc4cc(C)c([C@H](OC(C)(C)C)C(C)=O)c(-c5ccc(Cl)cc5)c4o3)ccc21. The summed E-state index contributed by atoms with van der Waals surface area (Å²) in [5.74, 6) is 0.851. The third kappa shape index (κ3) is 6.13. The molecule has 2 fully saturated rings. The molecule has 246 valence electrons. The number of halogens is 1. The molecule has 47 heavy (non-hydrogen) atoms. The first kappa shape index (κ1) is 32.0. The number of aromatic nitrogens is 3. The Morgan fingerprint density at radius 2 is 1.77 bits per heavy atom. The summed E-state index contributed by atoms with van der Waals surface area (Å²) < 4.78 is 20.6. The summed E-state index contributed by atoms with van der Waals surface area (Å²) in [6.45, 7) is 16.3. The van der Waals surface area contributed by atoms with Crippen LogP contribution in [-0.4, -0.2) is 63.4 Å². The summed E-state index contributed by atoms with van der Waals surface area (Å²) in [5, 5.41) is 6.91. The van der Waals surface area contributed by atoms with E-state index in [1.807, 2.05) is 58.0 Å². The molecular weight excluding hydrogens is 612 g/mol. The van der Waals surface area contributed by atoms with Crippen LogP contribution in [0, 0.1) is 6.92 Å². The topological polar surface area (TPSA) is 82.6 Å². The maximum Gasteiger partial charge on any atom is 0.227 e. The molecule has 2 aliphatic heterocycles. The molecular formula is C38H43ClN4O4. The largest absolute Gasteiger partial charge is 0.435 e. The van der Waals surface area contributed by atoms with Gasteiger partial charge in [-0.25, -0.2) is 4.98 Å². The molecule has 2 aromatic heterocycles. The van der Waals surface area contributed by atoms with E-state index in [-0.39, 0.29) is 5.78 Å². The third-order valence-electron chi connectivity index (χ3n) is 9.54. The number of likely N-dealkylation sites (tertiary alicyclic amines) is 1. The number of rotatable bonds is 8. The number of aryl methyl sites for hydroxylation is 2. The Morgan fingerprint density at radius 3 is 2.38 bits per heavy atom. The number of ether oxygens (including phenoxy) is 2. The normalized spacial score (nSPS) is 17.4. The molecule has 1 atom stereocenters. The number of fused-ring (bicyclic) bond motifs is 2. The van der Waals surface area contributed by atoms with E-state index in [0.717, 1.165) is 95.6 Å². The maximum atomic E-state index is 13.1. The Kier molecular flexibility index (Phi) is 8.49. The zero-order valence-electron chi connectivity index (χ0n) is 28.1. The summed E-state index contributed by atoms with van der Waals surface area (Å²) >= 11 is 6.30. The van der Waals surface area contributed by atoms with Crippen LogP contribution in [0.5, 0.6) is 0 Å². The molecule has 5 aromatic rings. The van der Waals surface area contributed by atoms with Gasteiger partial charge in [-0.3, -0.25) is 14.4 Å². The van der Waals surface area contributed by atoms with Crippen LogP contribution in [0.4, 0.5) is 0 Å². The van der Waals surface area contributed by atoms with E-state index in [9.17, 15) is 4.79 Å². The van der Waals surface area contributed by atoms with E-state index in [1.54, 1.807) is 6.92 Å². The summed E-state index contributed by atoms with van der Waals surface area (Å²) in [4.78, 5) is 20.7. The van der Waals surface area contributed by atoms with Gasteiger partial charge in [0, 0.05) is 39.6 Å². The minimum Gasteiger partial charge on any atom is -0.435 e. The van der Waals surface area contributed by atoms with Crippen molar-refractivity contribution < 1.29 is 18.7 Å². The van der Waals surface area contributed by atoms with Gasteiger partial charge < -0.3 is 13.9 Å². The van der Waals surface area contributed by atoms with Crippen LogP contribution in [-0.2, 0) is 20.8 Å². The molecule has 0 amide bonds. The van der Waals surface area contributed by atoms with Gasteiger partial charge in [0.15, 0.2) is 11.4 Å². The van der Waals surface area contributed by atoms with Crippen molar-refractivity contribution in [1.82, 2.24) is 19.7 Å². The highest BCUT2D eigenvalue weighted by Crippen LogP contribution is 2.43. The molecule has 0 aliphatic carbocycles. The van der Waals surface area contributed by atoms with E-state index in [0.29, 0.717) is 28.5 Å². The molecule has 0 saturated carbocycles. The van der Waals surface area contributed by atoms with Gasteiger partial charge in [0.1, 0.15) is 11.6 Å². The highest BCUT2D eigenvalue weighted by atomic mass is 35.5. The molecule has 3 aromatic carbocycles. The number of carbonyl (C=O) groups excluding carboxylic acids is 1. The van der Waals surface area contributed by atoms with Crippen molar-refractivity contribution in [3.63, 3.8) is 0 Å². The molecule has 0 N–H and O–H groups in total. The molecule has 8 nitrogen and oxygen atoms in total. The highest BCUT2D eigenvalue weighted by molar-refractivity contribution is 6.30. The Morgan fingerprint density at radius 1 is 1.06 bits per heavy atom. The van der Waals surface area contributed by atoms with Crippen LogP contribution in [0.25, 0.3) is 44.6 Å². The summed E-state index contributed by atoms with van der Waals surface area (Å²) in [6, 6.07) is 16.6. The number of carbonyl (C=O) groups is 1. The van der Waals surface area contributed by atoms with Crippen molar-refractivity contribution in [2.75, 3.05) is 26.3 Å².